The highest BCUT2D eigenvalue weighted by Crippen LogP contribution is 2.19. The first-order chi connectivity index (χ1) is 9.78. The number of hydrogen-bond donors (Lipinski definition) is 1. The number of methoxy groups -OCH3 is 1. The Morgan fingerprint density at radius 2 is 2.00 bits per heavy atom. The molecule has 1 N–H and O–H groups in total. The average Bonchev–Trinajstić information content (AvgIpc) is 2.88. The fraction of sp³-hybridized carbons (Fsp3) is 0.143. The van der Waals surface area contributed by atoms with Crippen molar-refractivity contribution in [2.24, 2.45) is 0 Å². The number of fused-ring (bicyclic) bond motifs is 1. The van der Waals surface area contributed by atoms with Gasteiger partial charge in [-0.1, -0.05) is 12.1 Å². The molecule has 0 aliphatic heterocycles. The number of halogens is 1. The minimum Gasteiger partial charge on any atom is -0.497 e. The van der Waals surface area contributed by atoms with Gasteiger partial charge in [-0.15, -0.1) is 0 Å². The molecule has 0 saturated heterocycles. The molecular weight excluding hydrogens is 320 g/mol. The second-order valence-corrected chi connectivity index (χ2v) is 5.01. The molecule has 0 radical (unpaired) electrons. The predicted molar refractivity (Wildman–Crippen MR) is 81.0 cm³/mol. The molecule has 5 nitrogen and oxygen atoms in total. The first-order valence-electron chi connectivity index (χ1n) is 6.12. The van der Waals surface area contributed by atoms with Crippen LogP contribution in [0.3, 0.4) is 0 Å². The van der Waals surface area contributed by atoms with Gasteiger partial charge in [0.05, 0.1) is 12.6 Å². The third-order valence-electron chi connectivity index (χ3n) is 3.02. The van der Waals surface area contributed by atoms with Crippen LogP contribution in [0, 0.1) is 0 Å². The largest absolute Gasteiger partial charge is 0.497 e. The Balaban J connectivity index is 1.79. The maximum atomic E-state index is 5.14. The van der Waals surface area contributed by atoms with E-state index in [4.69, 9.17) is 4.74 Å². The topological polar surface area (TPSA) is 51.5 Å². The molecule has 1 aromatic carbocycles. The van der Waals surface area contributed by atoms with Gasteiger partial charge in [0.2, 0.25) is 5.95 Å². The van der Waals surface area contributed by atoms with E-state index < -0.39 is 0 Å². The van der Waals surface area contributed by atoms with Crippen molar-refractivity contribution in [1.82, 2.24) is 14.4 Å². The second-order valence-electron chi connectivity index (χ2n) is 4.26. The van der Waals surface area contributed by atoms with Crippen molar-refractivity contribution in [3.63, 3.8) is 0 Å². The average molecular weight is 333 g/mol. The van der Waals surface area contributed by atoms with Crippen LogP contribution in [-0.4, -0.2) is 21.5 Å². The van der Waals surface area contributed by atoms with Crippen molar-refractivity contribution in [3.05, 3.63) is 53.0 Å². The Kier molecular flexibility index (Phi) is 3.56. The van der Waals surface area contributed by atoms with E-state index in [0.717, 1.165) is 27.4 Å². The molecule has 0 saturated carbocycles. The molecule has 3 aromatic rings. The van der Waals surface area contributed by atoms with Gasteiger partial charge in [0.25, 0.3) is 0 Å². The van der Waals surface area contributed by atoms with E-state index in [-0.39, 0.29) is 0 Å². The lowest BCUT2D eigenvalue weighted by atomic mass is 10.2. The van der Waals surface area contributed by atoms with Crippen LogP contribution in [0.5, 0.6) is 5.75 Å². The maximum absolute atomic E-state index is 5.14. The van der Waals surface area contributed by atoms with E-state index in [2.05, 4.69) is 31.2 Å². The maximum Gasteiger partial charge on any atom is 0.208 e. The van der Waals surface area contributed by atoms with Gasteiger partial charge >= 0.3 is 0 Å². The van der Waals surface area contributed by atoms with Crippen LogP contribution in [0.25, 0.3) is 5.52 Å². The molecule has 0 fully saturated rings. The lowest BCUT2D eigenvalue weighted by molar-refractivity contribution is 0.414. The number of anilines is 1. The molecule has 6 heteroatoms. The monoisotopic (exact) mass is 332 g/mol. The van der Waals surface area contributed by atoms with E-state index >= 15 is 0 Å². The van der Waals surface area contributed by atoms with Crippen LogP contribution in [0.4, 0.5) is 5.95 Å². The van der Waals surface area contributed by atoms with Crippen LogP contribution in [0.2, 0.25) is 0 Å². The lowest BCUT2D eigenvalue weighted by Gasteiger charge is -2.08. The van der Waals surface area contributed by atoms with Gasteiger partial charge in [0.1, 0.15) is 16.7 Å². The Morgan fingerprint density at radius 3 is 2.75 bits per heavy atom. The fourth-order valence-corrected chi connectivity index (χ4v) is 2.36. The number of aromatic nitrogens is 3. The van der Waals surface area contributed by atoms with Crippen molar-refractivity contribution in [3.8, 4) is 5.75 Å². The molecule has 0 atom stereocenters. The van der Waals surface area contributed by atoms with Crippen LogP contribution < -0.4 is 10.1 Å². The van der Waals surface area contributed by atoms with Crippen molar-refractivity contribution < 1.29 is 4.74 Å². The van der Waals surface area contributed by atoms with Crippen LogP contribution in [0.1, 0.15) is 5.56 Å². The Hall–Kier alpha value is -2.08. The lowest BCUT2D eigenvalue weighted by Crippen LogP contribution is -2.05. The zero-order valence-corrected chi connectivity index (χ0v) is 12.5. The minimum absolute atomic E-state index is 0.686. The van der Waals surface area contributed by atoms with Crippen LogP contribution in [0.15, 0.2) is 47.5 Å². The van der Waals surface area contributed by atoms with Gasteiger partial charge in [0.15, 0.2) is 0 Å². The van der Waals surface area contributed by atoms with Gasteiger partial charge in [-0.05, 0) is 39.7 Å². The Bertz CT molecular complexity index is 724. The van der Waals surface area contributed by atoms with Crippen LogP contribution in [-0.2, 0) is 6.54 Å². The van der Waals surface area contributed by atoms with Gasteiger partial charge < -0.3 is 10.1 Å². The molecule has 0 spiro atoms. The number of benzene rings is 1. The summed E-state index contributed by atoms with van der Waals surface area (Å²) in [7, 11) is 1.66. The highest BCUT2D eigenvalue weighted by Gasteiger charge is 2.05. The summed E-state index contributed by atoms with van der Waals surface area (Å²) in [5, 5.41) is 3.30. The molecule has 2 heterocycles. The summed E-state index contributed by atoms with van der Waals surface area (Å²) in [5.41, 5.74) is 2.14. The number of hydrogen-bond acceptors (Lipinski definition) is 4. The van der Waals surface area contributed by atoms with Gasteiger partial charge in [0, 0.05) is 12.7 Å². The SMILES string of the molecule is COc1ccc(CNc2nccc3c(Br)ncn23)cc1. The summed E-state index contributed by atoms with van der Waals surface area (Å²) in [4.78, 5) is 8.55. The fourth-order valence-electron chi connectivity index (χ4n) is 1.95. The van der Waals surface area contributed by atoms with E-state index in [0.29, 0.717) is 6.54 Å². The standard InChI is InChI=1S/C14H13BrN4O/c1-20-11-4-2-10(3-5-11)8-17-14-16-7-6-12-13(15)18-9-19(12)14/h2-7,9H,8H2,1H3,(H,16,17). The highest BCUT2D eigenvalue weighted by molar-refractivity contribution is 9.10. The summed E-state index contributed by atoms with van der Waals surface area (Å²) in [5.74, 6) is 1.61. The number of imidazole rings is 1. The third-order valence-corrected chi connectivity index (χ3v) is 3.64. The summed E-state index contributed by atoms with van der Waals surface area (Å²) in [6.07, 6.45) is 3.50. The highest BCUT2D eigenvalue weighted by atomic mass is 79.9. The van der Waals surface area contributed by atoms with Crippen molar-refractivity contribution in [1.29, 1.82) is 0 Å². The number of nitrogens with zero attached hydrogens (tertiary/aromatic N) is 3. The normalized spacial score (nSPS) is 10.7. The van der Waals surface area contributed by atoms with Gasteiger partial charge in [-0.3, -0.25) is 4.40 Å². The number of nitrogens with one attached hydrogen (secondary N) is 1. The Morgan fingerprint density at radius 1 is 1.20 bits per heavy atom. The van der Waals surface area contributed by atoms with E-state index in [1.54, 1.807) is 19.6 Å². The molecule has 102 valence electrons. The first kappa shape index (κ1) is 12.9. The Labute approximate surface area is 124 Å². The minimum atomic E-state index is 0.686. The van der Waals surface area contributed by atoms with E-state index in [1.807, 2.05) is 34.7 Å². The molecule has 3 rings (SSSR count). The number of rotatable bonds is 4. The summed E-state index contributed by atoms with van der Waals surface area (Å²) >= 11 is 3.41. The first-order valence-corrected chi connectivity index (χ1v) is 6.91. The zero-order valence-electron chi connectivity index (χ0n) is 10.9. The molecular formula is C14H13BrN4O. The smallest absolute Gasteiger partial charge is 0.208 e. The summed E-state index contributed by atoms with van der Waals surface area (Å²) < 4.78 is 7.86. The van der Waals surface area contributed by atoms with Gasteiger partial charge in [-0.2, -0.15) is 0 Å². The molecule has 0 aliphatic carbocycles. The predicted octanol–water partition coefficient (Wildman–Crippen LogP) is 3.11. The molecule has 0 amide bonds. The molecule has 20 heavy (non-hydrogen) atoms. The summed E-state index contributed by atoms with van der Waals surface area (Å²) in [6.45, 7) is 0.686. The van der Waals surface area contributed by atoms with E-state index in [1.165, 1.54) is 0 Å². The van der Waals surface area contributed by atoms with Crippen molar-refractivity contribution in [2.45, 2.75) is 6.54 Å². The van der Waals surface area contributed by atoms with Gasteiger partial charge in [-0.25, -0.2) is 9.97 Å². The molecule has 2 aromatic heterocycles. The van der Waals surface area contributed by atoms with E-state index in [9.17, 15) is 0 Å². The molecule has 0 bridgehead atoms. The quantitative estimate of drug-likeness (QED) is 0.797. The van der Waals surface area contributed by atoms with Crippen LogP contribution >= 0.6 is 15.9 Å². The third kappa shape index (κ3) is 2.46. The number of ether oxygens (including phenoxy) is 1. The zero-order chi connectivity index (χ0) is 13.9. The summed E-state index contributed by atoms with van der Waals surface area (Å²) in [6, 6.07) is 9.85. The molecule has 0 aliphatic rings. The molecule has 0 unspecified atom stereocenters. The van der Waals surface area contributed by atoms with Crippen molar-refractivity contribution in [2.75, 3.05) is 12.4 Å². The van der Waals surface area contributed by atoms with Crippen molar-refractivity contribution >= 4 is 27.4 Å². The second kappa shape index (κ2) is 5.50.